The van der Waals surface area contributed by atoms with E-state index in [9.17, 15) is 9.90 Å². The third kappa shape index (κ3) is 3.09. The molecule has 1 aromatic rings. The molecule has 1 aromatic carbocycles. The SMILES string of the molecule is CCC1CCC(C(=O)O)C(c2cc(Cl)ccc2OC)C1. The topological polar surface area (TPSA) is 46.5 Å². The molecule has 3 atom stereocenters. The lowest BCUT2D eigenvalue weighted by Crippen LogP contribution is -2.29. The van der Waals surface area contributed by atoms with Gasteiger partial charge >= 0.3 is 5.97 Å². The Morgan fingerprint density at radius 2 is 2.20 bits per heavy atom. The van der Waals surface area contributed by atoms with Crippen molar-refractivity contribution in [1.29, 1.82) is 0 Å². The van der Waals surface area contributed by atoms with Gasteiger partial charge in [-0.25, -0.2) is 0 Å². The van der Waals surface area contributed by atoms with Gasteiger partial charge in [0.2, 0.25) is 0 Å². The molecule has 20 heavy (non-hydrogen) atoms. The summed E-state index contributed by atoms with van der Waals surface area (Å²) in [6.45, 7) is 2.16. The van der Waals surface area contributed by atoms with Gasteiger partial charge in [-0.3, -0.25) is 4.79 Å². The number of carboxylic acids is 1. The van der Waals surface area contributed by atoms with Crippen LogP contribution in [0.1, 0.15) is 44.1 Å². The Balaban J connectivity index is 2.39. The number of carbonyl (C=O) groups is 1. The second kappa shape index (κ2) is 6.49. The molecule has 3 unspecified atom stereocenters. The van der Waals surface area contributed by atoms with E-state index >= 15 is 0 Å². The molecule has 110 valence electrons. The van der Waals surface area contributed by atoms with Crippen molar-refractivity contribution in [3.8, 4) is 5.75 Å². The van der Waals surface area contributed by atoms with Crippen molar-refractivity contribution in [1.82, 2.24) is 0 Å². The van der Waals surface area contributed by atoms with E-state index in [4.69, 9.17) is 16.3 Å². The fourth-order valence-electron chi connectivity index (χ4n) is 3.26. The molecule has 0 amide bonds. The van der Waals surface area contributed by atoms with Crippen LogP contribution < -0.4 is 4.74 Å². The average molecular weight is 297 g/mol. The fourth-order valence-corrected chi connectivity index (χ4v) is 3.44. The quantitative estimate of drug-likeness (QED) is 0.899. The van der Waals surface area contributed by atoms with Gasteiger partial charge in [0.05, 0.1) is 13.0 Å². The Hall–Kier alpha value is -1.22. The van der Waals surface area contributed by atoms with Gasteiger partial charge in [0.15, 0.2) is 0 Å². The maximum atomic E-state index is 11.5. The van der Waals surface area contributed by atoms with E-state index in [1.54, 1.807) is 13.2 Å². The average Bonchev–Trinajstić information content (AvgIpc) is 2.46. The molecule has 0 spiro atoms. The summed E-state index contributed by atoms with van der Waals surface area (Å²) in [7, 11) is 1.61. The van der Waals surface area contributed by atoms with E-state index in [0.717, 1.165) is 37.0 Å². The van der Waals surface area contributed by atoms with Crippen LogP contribution in [-0.4, -0.2) is 18.2 Å². The van der Waals surface area contributed by atoms with Crippen LogP contribution in [-0.2, 0) is 4.79 Å². The summed E-state index contributed by atoms with van der Waals surface area (Å²) in [5.74, 6) is 0.248. The number of hydrogen-bond donors (Lipinski definition) is 1. The van der Waals surface area contributed by atoms with Gasteiger partial charge in [-0.15, -0.1) is 0 Å². The fraction of sp³-hybridized carbons (Fsp3) is 0.562. The molecule has 1 N–H and O–H groups in total. The zero-order valence-corrected chi connectivity index (χ0v) is 12.7. The number of hydrogen-bond acceptors (Lipinski definition) is 2. The molecule has 1 fully saturated rings. The van der Waals surface area contributed by atoms with Crippen LogP contribution in [0.15, 0.2) is 18.2 Å². The molecule has 1 aliphatic carbocycles. The number of methoxy groups -OCH3 is 1. The summed E-state index contributed by atoms with van der Waals surface area (Å²) in [6, 6.07) is 5.46. The molecule has 4 heteroatoms. The maximum absolute atomic E-state index is 11.5. The van der Waals surface area contributed by atoms with Crippen molar-refractivity contribution >= 4 is 17.6 Å². The van der Waals surface area contributed by atoms with E-state index < -0.39 is 5.97 Å². The lowest BCUT2D eigenvalue weighted by atomic mass is 9.70. The first kappa shape index (κ1) is 15.2. The van der Waals surface area contributed by atoms with Crippen LogP contribution in [0, 0.1) is 11.8 Å². The van der Waals surface area contributed by atoms with Crippen LogP contribution in [0.3, 0.4) is 0 Å². The Morgan fingerprint density at radius 3 is 2.80 bits per heavy atom. The van der Waals surface area contributed by atoms with Gasteiger partial charge in [0, 0.05) is 10.9 Å². The van der Waals surface area contributed by atoms with Crippen molar-refractivity contribution < 1.29 is 14.6 Å². The van der Waals surface area contributed by atoms with Crippen molar-refractivity contribution in [3.05, 3.63) is 28.8 Å². The first-order valence-corrected chi connectivity index (χ1v) is 7.50. The predicted octanol–water partition coefficient (Wildman–Crippen LogP) is 4.34. The molecule has 2 rings (SSSR count). The first-order chi connectivity index (χ1) is 9.56. The smallest absolute Gasteiger partial charge is 0.307 e. The number of ether oxygens (including phenoxy) is 1. The number of aliphatic carboxylic acids is 1. The highest BCUT2D eigenvalue weighted by atomic mass is 35.5. The minimum Gasteiger partial charge on any atom is -0.496 e. The summed E-state index contributed by atoms with van der Waals surface area (Å²) in [4.78, 5) is 11.5. The highest BCUT2D eigenvalue weighted by molar-refractivity contribution is 6.30. The number of benzene rings is 1. The third-order valence-corrected chi connectivity index (χ3v) is 4.68. The van der Waals surface area contributed by atoms with Crippen LogP contribution in [0.5, 0.6) is 5.75 Å². The van der Waals surface area contributed by atoms with E-state index in [1.807, 2.05) is 12.1 Å². The highest BCUT2D eigenvalue weighted by Crippen LogP contribution is 2.45. The zero-order chi connectivity index (χ0) is 14.7. The van der Waals surface area contributed by atoms with E-state index in [1.165, 1.54) is 0 Å². The van der Waals surface area contributed by atoms with Crippen LogP contribution >= 0.6 is 11.6 Å². The molecule has 1 aliphatic rings. The second-order valence-corrected chi connectivity index (χ2v) is 5.96. The molecule has 1 saturated carbocycles. The summed E-state index contributed by atoms with van der Waals surface area (Å²) in [6.07, 6.45) is 3.71. The Bertz CT molecular complexity index is 487. The molecule has 0 saturated heterocycles. The van der Waals surface area contributed by atoms with Gasteiger partial charge in [-0.2, -0.15) is 0 Å². The summed E-state index contributed by atoms with van der Waals surface area (Å²) < 4.78 is 5.40. The molecular formula is C16H21ClO3. The zero-order valence-electron chi connectivity index (χ0n) is 11.9. The standard InChI is InChI=1S/C16H21ClO3/c1-3-10-4-6-12(16(18)19)13(8-10)14-9-11(17)5-7-15(14)20-2/h5,7,9-10,12-13H,3-4,6,8H2,1-2H3,(H,18,19). The minimum absolute atomic E-state index is 0.0140. The van der Waals surface area contributed by atoms with Gasteiger partial charge in [-0.1, -0.05) is 24.9 Å². The van der Waals surface area contributed by atoms with Crippen LogP contribution in [0.25, 0.3) is 0 Å². The van der Waals surface area contributed by atoms with Gasteiger partial charge in [0.25, 0.3) is 0 Å². The largest absolute Gasteiger partial charge is 0.496 e. The Morgan fingerprint density at radius 1 is 1.45 bits per heavy atom. The van der Waals surface area contributed by atoms with Gasteiger partial charge in [0.1, 0.15) is 5.75 Å². The maximum Gasteiger partial charge on any atom is 0.307 e. The van der Waals surface area contributed by atoms with Crippen molar-refractivity contribution in [2.45, 2.75) is 38.5 Å². The van der Waals surface area contributed by atoms with E-state index in [-0.39, 0.29) is 11.8 Å². The second-order valence-electron chi connectivity index (χ2n) is 5.52. The first-order valence-electron chi connectivity index (χ1n) is 7.13. The molecule has 0 aliphatic heterocycles. The van der Waals surface area contributed by atoms with Crippen molar-refractivity contribution in [3.63, 3.8) is 0 Å². The monoisotopic (exact) mass is 296 g/mol. The summed E-state index contributed by atoms with van der Waals surface area (Å²) in [5, 5.41) is 10.1. The molecule has 0 aromatic heterocycles. The molecular weight excluding hydrogens is 276 g/mol. The minimum atomic E-state index is -0.716. The van der Waals surface area contributed by atoms with Gasteiger partial charge < -0.3 is 9.84 Å². The normalized spacial score (nSPS) is 26.2. The van der Waals surface area contributed by atoms with Crippen LogP contribution in [0.4, 0.5) is 0 Å². The predicted molar refractivity (Wildman–Crippen MR) is 79.5 cm³/mol. The number of rotatable bonds is 4. The molecule has 0 bridgehead atoms. The lowest BCUT2D eigenvalue weighted by molar-refractivity contribution is -0.143. The summed E-state index contributed by atoms with van der Waals surface area (Å²) in [5.41, 5.74) is 0.936. The van der Waals surface area contributed by atoms with E-state index in [2.05, 4.69) is 6.92 Å². The molecule has 0 radical (unpaired) electrons. The van der Waals surface area contributed by atoms with Crippen molar-refractivity contribution in [2.24, 2.45) is 11.8 Å². The highest BCUT2D eigenvalue weighted by Gasteiger charge is 2.36. The third-order valence-electron chi connectivity index (χ3n) is 4.44. The molecule has 0 heterocycles. The molecule has 3 nitrogen and oxygen atoms in total. The van der Waals surface area contributed by atoms with Gasteiger partial charge in [-0.05, 0) is 48.9 Å². The Kier molecular flexibility index (Phi) is 4.92. The van der Waals surface area contributed by atoms with Crippen LogP contribution in [0.2, 0.25) is 5.02 Å². The number of halogens is 1. The van der Waals surface area contributed by atoms with Crippen molar-refractivity contribution in [2.75, 3.05) is 7.11 Å². The lowest BCUT2D eigenvalue weighted by Gasteiger charge is -2.34. The summed E-state index contributed by atoms with van der Waals surface area (Å²) >= 11 is 6.09. The van der Waals surface area contributed by atoms with E-state index in [0.29, 0.717) is 10.9 Å². The Labute approximate surface area is 124 Å². The number of carboxylic acid groups (broad SMARTS) is 1.